The summed E-state index contributed by atoms with van der Waals surface area (Å²) in [5.74, 6) is -3.08. The van der Waals surface area contributed by atoms with Crippen LogP contribution in [0.3, 0.4) is 0 Å². The number of alkyl halides is 2. The predicted molar refractivity (Wildman–Crippen MR) is 67.1 cm³/mol. The van der Waals surface area contributed by atoms with Crippen LogP contribution in [0.4, 0.5) is 13.6 Å². The van der Waals surface area contributed by atoms with Crippen LogP contribution in [0.15, 0.2) is 0 Å². The fraction of sp³-hybridized carbons (Fsp3) is 0.909. The maximum Gasteiger partial charge on any atom is 0.410 e. The van der Waals surface area contributed by atoms with Gasteiger partial charge in [0.25, 0.3) is 16.0 Å². The molecule has 0 aromatic carbocycles. The highest BCUT2D eigenvalue weighted by atomic mass is 32.2. The number of halogens is 2. The molecule has 1 fully saturated rings. The van der Waals surface area contributed by atoms with Crippen LogP contribution < -0.4 is 0 Å². The van der Waals surface area contributed by atoms with Gasteiger partial charge < -0.3 is 4.74 Å². The number of carbonyl (C=O) groups is 1. The van der Waals surface area contributed by atoms with Gasteiger partial charge in [-0.15, -0.1) is 0 Å². The van der Waals surface area contributed by atoms with Crippen molar-refractivity contribution < 1.29 is 30.9 Å². The summed E-state index contributed by atoms with van der Waals surface area (Å²) in [7, 11) is -3.76. The molecule has 118 valence electrons. The van der Waals surface area contributed by atoms with Crippen molar-refractivity contribution in [2.45, 2.75) is 44.8 Å². The minimum Gasteiger partial charge on any atom is -0.444 e. The van der Waals surface area contributed by atoms with Gasteiger partial charge in [-0.05, 0) is 20.8 Å². The standard InChI is InChI=1S/C11H19F2NO5S/c1-10(2,3)19-9(15)14-7-11(12,13)5-8(14)6-18-20(4,16)17/h8H,5-7H2,1-4H3. The van der Waals surface area contributed by atoms with Crippen LogP contribution >= 0.6 is 0 Å². The van der Waals surface area contributed by atoms with Crippen LogP contribution in [0.25, 0.3) is 0 Å². The van der Waals surface area contributed by atoms with E-state index in [0.717, 1.165) is 11.2 Å². The van der Waals surface area contributed by atoms with E-state index in [1.165, 1.54) is 0 Å². The van der Waals surface area contributed by atoms with E-state index in [2.05, 4.69) is 4.18 Å². The van der Waals surface area contributed by atoms with Gasteiger partial charge in [-0.25, -0.2) is 13.6 Å². The van der Waals surface area contributed by atoms with E-state index in [-0.39, 0.29) is 0 Å². The van der Waals surface area contributed by atoms with E-state index in [4.69, 9.17) is 4.74 Å². The lowest BCUT2D eigenvalue weighted by Gasteiger charge is -2.27. The molecule has 0 N–H and O–H groups in total. The van der Waals surface area contributed by atoms with Crippen molar-refractivity contribution in [1.82, 2.24) is 4.90 Å². The van der Waals surface area contributed by atoms with E-state index >= 15 is 0 Å². The maximum atomic E-state index is 13.4. The second-order valence-corrected chi connectivity index (χ2v) is 7.45. The number of hydrogen-bond acceptors (Lipinski definition) is 5. The second kappa shape index (κ2) is 5.44. The Morgan fingerprint density at radius 2 is 1.95 bits per heavy atom. The van der Waals surface area contributed by atoms with E-state index in [9.17, 15) is 22.0 Å². The van der Waals surface area contributed by atoms with Crippen LogP contribution in [-0.4, -0.2) is 56.4 Å². The fourth-order valence-corrected chi connectivity index (χ4v) is 2.19. The molecule has 0 bridgehead atoms. The number of likely N-dealkylation sites (tertiary alicyclic amines) is 1. The molecule has 1 heterocycles. The average Bonchev–Trinajstić information content (AvgIpc) is 2.47. The molecule has 0 aromatic heterocycles. The first-order valence-corrected chi connectivity index (χ1v) is 7.83. The highest BCUT2D eigenvalue weighted by Crippen LogP contribution is 2.33. The van der Waals surface area contributed by atoms with Gasteiger partial charge in [0.1, 0.15) is 5.60 Å². The molecule has 0 radical (unpaired) electrons. The molecule has 1 aliphatic rings. The van der Waals surface area contributed by atoms with Crippen LogP contribution in [0.5, 0.6) is 0 Å². The molecule has 1 saturated heterocycles. The molecule has 1 unspecified atom stereocenters. The summed E-state index contributed by atoms with van der Waals surface area (Å²) in [6.45, 7) is 3.52. The molecule has 0 spiro atoms. The van der Waals surface area contributed by atoms with Crippen molar-refractivity contribution in [1.29, 1.82) is 0 Å². The Bertz CT molecular complexity index is 472. The first-order valence-electron chi connectivity index (χ1n) is 6.01. The van der Waals surface area contributed by atoms with Crippen LogP contribution in [0.1, 0.15) is 27.2 Å². The Morgan fingerprint density at radius 1 is 1.40 bits per heavy atom. The Balaban J connectivity index is 2.77. The van der Waals surface area contributed by atoms with Crippen molar-refractivity contribution in [2.75, 3.05) is 19.4 Å². The number of carbonyl (C=O) groups excluding carboxylic acids is 1. The number of amides is 1. The molecule has 1 rings (SSSR count). The first kappa shape index (κ1) is 17.1. The van der Waals surface area contributed by atoms with Crippen molar-refractivity contribution in [2.24, 2.45) is 0 Å². The minimum atomic E-state index is -3.76. The van der Waals surface area contributed by atoms with Gasteiger partial charge in [-0.2, -0.15) is 8.42 Å². The van der Waals surface area contributed by atoms with Gasteiger partial charge in [0, 0.05) is 6.42 Å². The van der Waals surface area contributed by atoms with Crippen molar-refractivity contribution in [3.63, 3.8) is 0 Å². The number of nitrogens with zero attached hydrogens (tertiary/aromatic N) is 1. The molecule has 1 atom stereocenters. The van der Waals surface area contributed by atoms with Gasteiger partial charge in [-0.3, -0.25) is 9.08 Å². The third-order valence-corrected chi connectivity index (χ3v) is 3.04. The van der Waals surface area contributed by atoms with Gasteiger partial charge in [-0.1, -0.05) is 0 Å². The topological polar surface area (TPSA) is 72.9 Å². The number of rotatable bonds is 3. The lowest BCUT2D eigenvalue weighted by Crippen LogP contribution is -2.42. The zero-order valence-electron chi connectivity index (χ0n) is 11.9. The molecule has 6 nitrogen and oxygen atoms in total. The Labute approximate surface area is 117 Å². The number of ether oxygens (including phenoxy) is 1. The van der Waals surface area contributed by atoms with Crippen LogP contribution in [-0.2, 0) is 19.0 Å². The zero-order chi connectivity index (χ0) is 15.8. The second-order valence-electron chi connectivity index (χ2n) is 5.81. The highest BCUT2D eigenvalue weighted by molar-refractivity contribution is 7.85. The first-order chi connectivity index (χ1) is 8.79. The number of hydrogen-bond donors (Lipinski definition) is 0. The monoisotopic (exact) mass is 315 g/mol. The van der Waals surface area contributed by atoms with Gasteiger partial charge >= 0.3 is 6.09 Å². The summed E-state index contributed by atoms with van der Waals surface area (Å²) in [5.41, 5.74) is -0.822. The van der Waals surface area contributed by atoms with E-state index in [0.29, 0.717) is 0 Å². The lowest BCUT2D eigenvalue weighted by atomic mass is 10.2. The third-order valence-electron chi connectivity index (χ3n) is 2.48. The summed E-state index contributed by atoms with van der Waals surface area (Å²) in [4.78, 5) is 12.7. The summed E-state index contributed by atoms with van der Waals surface area (Å²) >= 11 is 0. The SMILES string of the molecule is CC(C)(C)OC(=O)N1CC(F)(F)CC1COS(C)(=O)=O. The van der Waals surface area contributed by atoms with Gasteiger partial charge in [0.15, 0.2) is 0 Å². The maximum absolute atomic E-state index is 13.4. The molecule has 9 heteroatoms. The molecule has 20 heavy (non-hydrogen) atoms. The highest BCUT2D eigenvalue weighted by Gasteiger charge is 2.48. The van der Waals surface area contributed by atoms with Crippen LogP contribution in [0.2, 0.25) is 0 Å². The largest absolute Gasteiger partial charge is 0.444 e. The third kappa shape index (κ3) is 5.58. The summed E-state index contributed by atoms with van der Waals surface area (Å²) in [6.07, 6.45) is -0.739. The Kier molecular flexibility index (Phi) is 4.65. The smallest absolute Gasteiger partial charge is 0.410 e. The molecule has 0 aromatic rings. The van der Waals surface area contributed by atoms with Crippen molar-refractivity contribution >= 4 is 16.2 Å². The van der Waals surface area contributed by atoms with Gasteiger partial charge in [0.05, 0.1) is 25.4 Å². The fourth-order valence-electron chi connectivity index (χ4n) is 1.78. The quantitative estimate of drug-likeness (QED) is 0.740. The van der Waals surface area contributed by atoms with Crippen LogP contribution in [0, 0.1) is 0 Å². The zero-order valence-corrected chi connectivity index (χ0v) is 12.7. The Hall–Kier alpha value is -0.960. The van der Waals surface area contributed by atoms with E-state index in [1.807, 2.05) is 0 Å². The molecule has 1 aliphatic heterocycles. The summed E-state index contributed by atoms with van der Waals surface area (Å²) in [6, 6.07) is -1.03. The van der Waals surface area contributed by atoms with E-state index < -0.39 is 53.3 Å². The molecular weight excluding hydrogens is 296 g/mol. The molecule has 0 saturated carbocycles. The van der Waals surface area contributed by atoms with Crippen molar-refractivity contribution in [3.8, 4) is 0 Å². The summed E-state index contributed by atoms with van der Waals surface area (Å²) in [5, 5.41) is 0. The minimum absolute atomic E-state index is 0.506. The molecule has 0 aliphatic carbocycles. The normalized spacial score (nSPS) is 22.9. The molecular formula is C11H19F2NO5S. The summed E-state index contributed by atoms with van der Waals surface area (Å²) < 4.78 is 58.2. The lowest BCUT2D eigenvalue weighted by molar-refractivity contribution is -0.00272. The Morgan fingerprint density at radius 3 is 2.40 bits per heavy atom. The van der Waals surface area contributed by atoms with E-state index in [1.54, 1.807) is 20.8 Å². The van der Waals surface area contributed by atoms with Crippen molar-refractivity contribution in [3.05, 3.63) is 0 Å². The van der Waals surface area contributed by atoms with Gasteiger partial charge in [0.2, 0.25) is 0 Å². The molecule has 1 amide bonds. The average molecular weight is 315 g/mol. The predicted octanol–water partition coefficient (Wildman–Crippen LogP) is 1.61.